The predicted octanol–water partition coefficient (Wildman–Crippen LogP) is 1.81. The number of nitrogens with one attached hydrogen (secondary N) is 1. The van der Waals surface area contributed by atoms with Gasteiger partial charge >= 0.3 is 0 Å². The molecule has 0 aromatic rings. The van der Waals surface area contributed by atoms with Gasteiger partial charge in [-0.25, -0.2) is 8.78 Å². The smallest absolute Gasteiger partial charge is 0.251 e. The molecule has 0 spiro atoms. The van der Waals surface area contributed by atoms with Crippen LogP contribution in [0.1, 0.15) is 19.3 Å². The number of hydrogen-bond donors (Lipinski definition) is 1. The molecule has 2 aliphatic rings. The fourth-order valence-corrected chi connectivity index (χ4v) is 3.64. The summed E-state index contributed by atoms with van der Waals surface area (Å²) < 4.78 is 24.4. The van der Waals surface area contributed by atoms with Crippen LogP contribution in [0.15, 0.2) is 0 Å². The minimum Gasteiger partial charge on any atom is -0.310 e. The molecule has 0 saturated carbocycles. The fraction of sp³-hybridized carbons (Fsp3) is 1.00. The van der Waals surface area contributed by atoms with Gasteiger partial charge in [0, 0.05) is 17.8 Å². The first-order chi connectivity index (χ1) is 7.74. The minimum absolute atomic E-state index is 0.0496. The van der Waals surface area contributed by atoms with Gasteiger partial charge < -0.3 is 5.32 Å². The SMILES string of the molecule is FC(F)CN1CCC(NC2CCSC2)CC1. The van der Waals surface area contributed by atoms with E-state index in [-0.39, 0.29) is 6.54 Å². The average Bonchev–Trinajstić information content (AvgIpc) is 2.73. The molecule has 0 bridgehead atoms. The van der Waals surface area contributed by atoms with Gasteiger partial charge in [0.15, 0.2) is 0 Å². The van der Waals surface area contributed by atoms with Gasteiger partial charge in [0.25, 0.3) is 6.43 Å². The van der Waals surface area contributed by atoms with Gasteiger partial charge in [-0.15, -0.1) is 0 Å². The molecule has 1 atom stereocenters. The second-order valence-electron chi connectivity index (χ2n) is 4.69. The van der Waals surface area contributed by atoms with E-state index in [9.17, 15) is 8.78 Å². The third kappa shape index (κ3) is 3.86. The highest BCUT2D eigenvalue weighted by molar-refractivity contribution is 7.99. The van der Waals surface area contributed by atoms with Crippen LogP contribution in [-0.4, -0.2) is 54.5 Å². The van der Waals surface area contributed by atoms with Crippen molar-refractivity contribution in [1.29, 1.82) is 0 Å². The summed E-state index contributed by atoms with van der Waals surface area (Å²) in [7, 11) is 0. The van der Waals surface area contributed by atoms with Crippen LogP contribution in [0.5, 0.6) is 0 Å². The van der Waals surface area contributed by atoms with Gasteiger partial charge in [-0.05, 0) is 38.1 Å². The minimum atomic E-state index is -2.18. The number of piperidine rings is 1. The second kappa shape index (κ2) is 6.17. The third-order valence-corrected chi connectivity index (χ3v) is 4.55. The van der Waals surface area contributed by atoms with E-state index in [1.54, 1.807) is 0 Å². The molecule has 0 radical (unpaired) electrons. The van der Waals surface area contributed by atoms with Gasteiger partial charge in [-0.1, -0.05) is 0 Å². The summed E-state index contributed by atoms with van der Waals surface area (Å²) in [4.78, 5) is 1.88. The van der Waals surface area contributed by atoms with E-state index in [2.05, 4.69) is 5.32 Å². The molecule has 0 aromatic carbocycles. The fourth-order valence-electron chi connectivity index (χ4n) is 2.48. The largest absolute Gasteiger partial charge is 0.310 e. The molecule has 1 unspecified atom stereocenters. The highest BCUT2D eigenvalue weighted by Crippen LogP contribution is 2.20. The maximum Gasteiger partial charge on any atom is 0.251 e. The van der Waals surface area contributed by atoms with Gasteiger partial charge in [-0.2, -0.15) is 11.8 Å². The Bertz CT molecular complexity index is 202. The molecule has 2 fully saturated rings. The molecule has 94 valence electrons. The Balaban J connectivity index is 1.64. The van der Waals surface area contributed by atoms with Crippen molar-refractivity contribution in [2.45, 2.75) is 37.8 Å². The summed E-state index contributed by atoms with van der Waals surface area (Å²) in [5, 5.41) is 3.66. The summed E-state index contributed by atoms with van der Waals surface area (Å²) in [5.41, 5.74) is 0. The van der Waals surface area contributed by atoms with Crippen LogP contribution in [0, 0.1) is 0 Å². The molecule has 5 heteroatoms. The Morgan fingerprint density at radius 1 is 1.19 bits per heavy atom. The standard InChI is InChI=1S/C11H20F2N2S/c12-11(13)7-15-4-1-9(2-5-15)14-10-3-6-16-8-10/h9-11,14H,1-8H2. The van der Waals surface area contributed by atoms with Gasteiger partial charge in [0.1, 0.15) is 0 Å². The Labute approximate surface area is 100 Å². The monoisotopic (exact) mass is 250 g/mol. The van der Waals surface area contributed by atoms with E-state index >= 15 is 0 Å². The number of alkyl halides is 2. The first-order valence-corrected chi connectivity index (χ1v) is 7.24. The lowest BCUT2D eigenvalue weighted by molar-refractivity contribution is 0.0723. The molecule has 16 heavy (non-hydrogen) atoms. The van der Waals surface area contributed by atoms with E-state index in [4.69, 9.17) is 0 Å². The van der Waals surface area contributed by atoms with Crippen LogP contribution in [0.3, 0.4) is 0 Å². The summed E-state index contributed by atoms with van der Waals surface area (Å²) in [6.07, 6.45) is 1.12. The van der Waals surface area contributed by atoms with Crippen molar-refractivity contribution in [2.24, 2.45) is 0 Å². The van der Waals surface area contributed by atoms with Crippen LogP contribution >= 0.6 is 11.8 Å². The summed E-state index contributed by atoms with van der Waals surface area (Å²) >= 11 is 2.01. The van der Waals surface area contributed by atoms with E-state index in [1.807, 2.05) is 16.7 Å². The molecule has 0 aliphatic carbocycles. The van der Waals surface area contributed by atoms with Crippen LogP contribution < -0.4 is 5.32 Å². The molecular formula is C11H20F2N2S. The van der Waals surface area contributed by atoms with Gasteiger partial charge in [0.05, 0.1) is 6.54 Å². The Morgan fingerprint density at radius 3 is 2.50 bits per heavy atom. The molecule has 2 rings (SSSR count). The zero-order valence-corrected chi connectivity index (χ0v) is 10.3. The van der Waals surface area contributed by atoms with Crippen molar-refractivity contribution >= 4 is 11.8 Å². The lowest BCUT2D eigenvalue weighted by Crippen LogP contribution is -2.47. The van der Waals surface area contributed by atoms with Crippen LogP contribution in [0.25, 0.3) is 0 Å². The van der Waals surface area contributed by atoms with E-state index in [0.29, 0.717) is 12.1 Å². The Morgan fingerprint density at radius 2 is 1.94 bits per heavy atom. The number of hydrogen-bond acceptors (Lipinski definition) is 3. The Hall–Kier alpha value is 0.130. The number of halogens is 2. The quantitative estimate of drug-likeness (QED) is 0.819. The van der Waals surface area contributed by atoms with Crippen LogP contribution in [0.2, 0.25) is 0 Å². The molecule has 2 nitrogen and oxygen atoms in total. The summed E-state index contributed by atoms with van der Waals surface area (Å²) in [6, 6.07) is 1.22. The lowest BCUT2D eigenvalue weighted by Gasteiger charge is -2.33. The van der Waals surface area contributed by atoms with Gasteiger partial charge in [0.2, 0.25) is 0 Å². The van der Waals surface area contributed by atoms with Crippen molar-refractivity contribution in [1.82, 2.24) is 10.2 Å². The zero-order chi connectivity index (χ0) is 11.4. The number of rotatable bonds is 4. The molecule has 0 aromatic heterocycles. The Kier molecular flexibility index (Phi) is 4.85. The maximum atomic E-state index is 12.2. The lowest BCUT2D eigenvalue weighted by atomic mass is 10.0. The first kappa shape index (κ1) is 12.6. The van der Waals surface area contributed by atoms with Crippen molar-refractivity contribution < 1.29 is 8.78 Å². The first-order valence-electron chi connectivity index (χ1n) is 6.08. The highest BCUT2D eigenvalue weighted by atomic mass is 32.2. The molecule has 2 saturated heterocycles. The predicted molar refractivity (Wildman–Crippen MR) is 64.3 cm³/mol. The molecule has 1 N–H and O–H groups in total. The van der Waals surface area contributed by atoms with E-state index < -0.39 is 6.43 Å². The maximum absolute atomic E-state index is 12.2. The highest BCUT2D eigenvalue weighted by Gasteiger charge is 2.24. The summed E-state index contributed by atoms with van der Waals surface area (Å²) in [6.45, 7) is 1.59. The molecule has 0 amide bonds. The van der Waals surface area contributed by atoms with Crippen molar-refractivity contribution in [2.75, 3.05) is 31.1 Å². The topological polar surface area (TPSA) is 15.3 Å². The molecule has 2 aliphatic heterocycles. The normalized spacial score (nSPS) is 29.1. The molecule has 2 heterocycles. The van der Waals surface area contributed by atoms with Gasteiger partial charge in [-0.3, -0.25) is 4.90 Å². The van der Waals surface area contributed by atoms with Crippen LogP contribution in [0.4, 0.5) is 8.78 Å². The van der Waals surface area contributed by atoms with E-state index in [1.165, 1.54) is 17.9 Å². The number of thioether (sulfide) groups is 1. The summed E-state index contributed by atoms with van der Waals surface area (Å²) in [5.74, 6) is 2.49. The van der Waals surface area contributed by atoms with Crippen molar-refractivity contribution in [3.8, 4) is 0 Å². The van der Waals surface area contributed by atoms with Crippen molar-refractivity contribution in [3.05, 3.63) is 0 Å². The number of nitrogens with zero attached hydrogens (tertiary/aromatic N) is 1. The average molecular weight is 250 g/mol. The number of likely N-dealkylation sites (tertiary alicyclic amines) is 1. The van der Waals surface area contributed by atoms with Crippen molar-refractivity contribution in [3.63, 3.8) is 0 Å². The van der Waals surface area contributed by atoms with E-state index in [0.717, 1.165) is 25.9 Å². The van der Waals surface area contributed by atoms with Crippen LogP contribution in [-0.2, 0) is 0 Å². The second-order valence-corrected chi connectivity index (χ2v) is 5.84. The molecular weight excluding hydrogens is 230 g/mol. The zero-order valence-electron chi connectivity index (χ0n) is 9.50. The third-order valence-electron chi connectivity index (χ3n) is 3.38.